The summed E-state index contributed by atoms with van der Waals surface area (Å²) in [4.78, 5) is 26.1. The molecule has 0 spiro atoms. The molecule has 0 bridgehead atoms. The van der Waals surface area contributed by atoms with Gasteiger partial charge in [0.2, 0.25) is 5.91 Å². The average Bonchev–Trinajstić information content (AvgIpc) is 2.96. The zero-order valence-electron chi connectivity index (χ0n) is 14.7. The molecule has 1 saturated heterocycles. The summed E-state index contributed by atoms with van der Waals surface area (Å²) >= 11 is 0. The Labute approximate surface area is 158 Å². The fourth-order valence-electron chi connectivity index (χ4n) is 3.08. The Morgan fingerprint density at radius 2 is 2.00 bits per heavy atom. The van der Waals surface area contributed by atoms with Crippen molar-refractivity contribution in [2.24, 2.45) is 11.1 Å². The van der Waals surface area contributed by atoms with Gasteiger partial charge in [-0.25, -0.2) is 4.79 Å². The lowest BCUT2D eigenvalue weighted by Crippen LogP contribution is -2.42. The van der Waals surface area contributed by atoms with E-state index in [-0.39, 0.29) is 30.3 Å². The minimum atomic E-state index is -0.567. The number of benzene rings is 1. The monoisotopic (exact) mass is 384 g/mol. The van der Waals surface area contributed by atoms with Crippen LogP contribution < -0.4 is 25.8 Å². The van der Waals surface area contributed by atoms with Crippen LogP contribution in [-0.4, -0.2) is 56.2 Å². The summed E-state index contributed by atoms with van der Waals surface area (Å²) in [7, 11) is 0. The summed E-state index contributed by atoms with van der Waals surface area (Å²) in [6.45, 7) is 5.44. The van der Waals surface area contributed by atoms with Gasteiger partial charge in [0.15, 0.2) is 11.5 Å². The lowest BCUT2D eigenvalue weighted by Gasteiger charge is -2.22. The third-order valence-electron chi connectivity index (χ3n) is 4.55. The van der Waals surface area contributed by atoms with E-state index in [0.717, 1.165) is 19.5 Å². The van der Waals surface area contributed by atoms with Gasteiger partial charge in [0.1, 0.15) is 13.2 Å². The largest absolute Gasteiger partial charge is 0.486 e. The summed E-state index contributed by atoms with van der Waals surface area (Å²) in [6, 6.07) is 4.53. The van der Waals surface area contributed by atoms with Crippen LogP contribution in [0.3, 0.4) is 0 Å². The van der Waals surface area contributed by atoms with Crippen molar-refractivity contribution in [1.82, 2.24) is 10.2 Å². The molecule has 1 atom stereocenters. The number of amides is 3. The third-order valence-corrected chi connectivity index (χ3v) is 4.55. The number of fused-ring (bicyclic) bond motifs is 1. The number of anilines is 1. The number of nitrogens with two attached hydrogens (primary N) is 1. The highest BCUT2D eigenvalue weighted by atomic mass is 35.5. The highest BCUT2D eigenvalue weighted by Crippen LogP contribution is 2.32. The SMILES string of the molecule is CC1(CN)CCN(CC(=O)NC(=O)Nc2ccc3c(c2)OCCO3)C1.Cl. The molecule has 1 aromatic rings. The molecule has 1 fully saturated rings. The zero-order valence-corrected chi connectivity index (χ0v) is 15.6. The van der Waals surface area contributed by atoms with Crippen LogP contribution >= 0.6 is 12.4 Å². The number of hydrogen-bond donors (Lipinski definition) is 3. The van der Waals surface area contributed by atoms with Crippen molar-refractivity contribution < 1.29 is 19.1 Å². The number of urea groups is 1. The number of carbonyl (C=O) groups excluding carboxylic acids is 2. The van der Waals surface area contributed by atoms with Gasteiger partial charge >= 0.3 is 6.03 Å². The lowest BCUT2D eigenvalue weighted by atomic mass is 9.90. The molecule has 9 heteroatoms. The number of hydrogen-bond acceptors (Lipinski definition) is 6. The summed E-state index contributed by atoms with van der Waals surface area (Å²) < 4.78 is 10.9. The summed E-state index contributed by atoms with van der Waals surface area (Å²) in [5, 5.41) is 4.98. The predicted molar refractivity (Wildman–Crippen MR) is 100 cm³/mol. The van der Waals surface area contributed by atoms with Crippen molar-refractivity contribution in [2.75, 3.05) is 44.7 Å². The minimum absolute atomic E-state index is 0. The third kappa shape index (κ3) is 5.00. The molecule has 3 rings (SSSR count). The smallest absolute Gasteiger partial charge is 0.325 e. The molecule has 1 unspecified atom stereocenters. The van der Waals surface area contributed by atoms with Crippen LogP contribution in [-0.2, 0) is 4.79 Å². The standard InChI is InChI=1S/C17H24N4O4.ClH/c1-17(10-18)4-5-21(11-17)9-15(22)20-16(23)19-12-2-3-13-14(8-12)25-7-6-24-13;/h2-3,8H,4-7,9-11,18H2,1H3,(H2,19,20,22,23);1H. The molecule has 2 aliphatic heterocycles. The number of likely N-dealkylation sites (tertiary alicyclic amines) is 1. The summed E-state index contributed by atoms with van der Waals surface area (Å²) in [5.41, 5.74) is 6.35. The van der Waals surface area contributed by atoms with E-state index in [1.54, 1.807) is 18.2 Å². The van der Waals surface area contributed by atoms with Crippen molar-refractivity contribution in [1.29, 1.82) is 0 Å². The average molecular weight is 385 g/mol. The van der Waals surface area contributed by atoms with E-state index in [1.165, 1.54) is 0 Å². The maximum absolute atomic E-state index is 12.0. The van der Waals surface area contributed by atoms with Crippen molar-refractivity contribution >= 4 is 30.0 Å². The van der Waals surface area contributed by atoms with Crippen molar-refractivity contribution in [3.8, 4) is 11.5 Å². The number of nitrogens with zero attached hydrogens (tertiary/aromatic N) is 1. The van der Waals surface area contributed by atoms with Crippen LogP contribution in [0, 0.1) is 5.41 Å². The molecule has 2 aliphatic rings. The van der Waals surface area contributed by atoms with E-state index in [2.05, 4.69) is 17.6 Å². The Bertz CT molecular complexity index is 672. The first-order chi connectivity index (χ1) is 12.0. The zero-order chi connectivity index (χ0) is 17.9. The molecule has 0 radical (unpaired) electrons. The summed E-state index contributed by atoms with van der Waals surface area (Å²) in [5.74, 6) is 0.884. The lowest BCUT2D eigenvalue weighted by molar-refractivity contribution is -0.120. The van der Waals surface area contributed by atoms with E-state index in [4.69, 9.17) is 15.2 Å². The van der Waals surface area contributed by atoms with Crippen molar-refractivity contribution in [3.05, 3.63) is 18.2 Å². The van der Waals surface area contributed by atoms with E-state index in [9.17, 15) is 9.59 Å². The number of carbonyl (C=O) groups is 2. The molecule has 0 aliphatic carbocycles. The first-order valence-electron chi connectivity index (χ1n) is 8.40. The first kappa shape index (κ1) is 20.3. The second-order valence-corrected chi connectivity index (χ2v) is 6.84. The number of halogens is 1. The molecular formula is C17H25ClN4O4. The fraction of sp³-hybridized carbons (Fsp3) is 0.529. The van der Waals surface area contributed by atoms with Crippen LogP contribution in [0.1, 0.15) is 13.3 Å². The van der Waals surface area contributed by atoms with Gasteiger partial charge in [0.05, 0.1) is 6.54 Å². The van der Waals surface area contributed by atoms with Gasteiger partial charge in [-0.1, -0.05) is 6.92 Å². The fourth-order valence-corrected chi connectivity index (χ4v) is 3.08. The van der Waals surface area contributed by atoms with Gasteiger partial charge in [0.25, 0.3) is 0 Å². The Morgan fingerprint density at radius 1 is 1.27 bits per heavy atom. The minimum Gasteiger partial charge on any atom is -0.486 e. The number of nitrogens with one attached hydrogen (secondary N) is 2. The molecular weight excluding hydrogens is 360 g/mol. The van der Waals surface area contributed by atoms with Crippen LogP contribution in [0.2, 0.25) is 0 Å². The van der Waals surface area contributed by atoms with Gasteiger partial charge in [0, 0.05) is 18.3 Å². The van der Waals surface area contributed by atoms with E-state index in [0.29, 0.717) is 36.9 Å². The maximum atomic E-state index is 12.0. The van der Waals surface area contributed by atoms with Crippen molar-refractivity contribution in [2.45, 2.75) is 13.3 Å². The highest BCUT2D eigenvalue weighted by Gasteiger charge is 2.33. The van der Waals surface area contributed by atoms with Crippen molar-refractivity contribution in [3.63, 3.8) is 0 Å². The quantitative estimate of drug-likeness (QED) is 0.720. The molecule has 2 heterocycles. The predicted octanol–water partition coefficient (Wildman–Crippen LogP) is 1.20. The molecule has 144 valence electrons. The topological polar surface area (TPSA) is 106 Å². The van der Waals surface area contributed by atoms with Gasteiger partial charge in [-0.05, 0) is 37.1 Å². The van der Waals surface area contributed by atoms with Crippen LogP contribution in [0.15, 0.2) is 18.2 Å². The number of ether oxygens (including phenoxy) is 2. The Hall–Kier alpha value is -2.03. The molecule has 26 heavy (non-hydrogen) atoms. The molecule has 1 aromatic carbocycles. The molecule has 4 N–H and O–H groups in total. The molecule has 0 saturated carbocycles. The van der Waals surface area contributed by atoms with Crippen LogP contribution in [0.5, 0.6) is 11.5 Å². The second kappa shape index (κ2) is 8.57. The van der Waals surface area contributed by atoms with E-state index >= 15 is 0 Å². The van der Waals surface area contributed by atoms with Crippen LogP contribution in [0.25, 0.3) is 0 Å². The molecule has 3 amide bonds. The van der Waals surface area contributed by atoms with E-state index in [1.807, 2.05) is 4.90 Å². The first-order valence-corrected chi connectivity index (χ1v) is 8.40. The molecule has 0 aromatic heterocycles. The maximum Gasteiger partial charge on any atom is 0.325 e. The van der Waals surface area contributed by atoms with Crippen LogP contribution in [0.4, 0.5) is 10.5 Å². The number of rotatable bonds is 4. The van der Waals surface area contributed by atoms with Gasteiger partial charge < -0.3 is 20.5 Å². The second-order valence-electron chi connectivity index (χ2n) is 6.84. The van der Waals surface area contributed by atoms with E-state index < -0.39 is 6.03 Å². The normalized spacial score (nSPS) is 21.6. The van der Waals surface area contributed by atoms with Gasteiger partial charge in [-0.15, -0.1) is 12.4 Å². The summed E-state index contributed by atoms with van der Waals surface area (Å²) in [6.07, 6.45) is 0.959. The Morgan fingerprint density at radius 3 is 2.69 bits per heavy atom. The highest BCUT2D eigenvalue weighted by molar-refractivity contribution is 6.01. The van der Waals surface area contributed by atoms with Gasteiger partial charge in [-0.3, -0.25) is 15.0 Å². The molecule has 8 nitrogen and oxygen atoms in total. The van der Waals surface area contributed by atoms with Gasteiger partial charge in [-0.2, -0.15) is 0 Å². The Balaban J connectivity index is 0.00000243. The number of imide groups is 1. The Kier molecular flexibility index (Phi) is 6.69.